The molecule has 2 heterocycles. The molecule has 32 heavy (non-hydrogen) atoms. The Morgan fingerprint density at radius 3 is 2.81 bits per heavy atom. The molecule has 0 saturated carbocycles. The fourth-order valence-corrected chi connectivity index (χ4v) is 4.02. The maximum atomic E-state index is 13.4. The molecule has 0 spiro atoms. The molecule has 0 aliphatic carbocycles. The van der Waals surface area contributed by atoms with Crippen LogP contribution in [0.25, 0.3) is 5.69 Å². The van der Waals surface area contributed by atoms with E-state index in [1.54, 1.807) is 11.8 Å². The summed E-state index contributed by atoms with van der Waals surface area (Å²) in [6.45, 7) is 6.56. The summed E-state index contributed by atoms with van der Waals surface area (Å²) in [5, 5.41) is 15.6. The molecule has 0 N–H and O–H groups in total. The van der Waals surface area contributed by atoms with E-state index in [2.05, 4.69) is 21.9 Å². The molecule has 11 nitrogen and oxygen atoms in total. The molecule has 1 saturated heterocycles. The Balaban J connectivity index is 1.86. The number of hydrogen-bond donors (Lipinski definition) is 0. The number of aromatic nitrogens is 3. The molecule has 2 aromatic rings. The lowest BCUT2D eigenvalue weighted by atomic mass is 10.1. The second-order valence-corrected chi connectivity index (χ2v) is 7.53. The quantitative estimate of drug-likeness (QED) is 0.310. The van der Waals surface area contributed by atoms with Gasteiger partial charge in [0.05, 0.1) is 18.0 Å². The molecule has 0 radical (unpaired) electrons. The van der Waals surface area contributed by atoms with Crippen LogP contribution in [0.15, 0.2) is 30.9 Å². The third kappa shape index (κ3) is 5.47. The Morgan fingerprint density at radius 2 is 2.16 bits per heavy atom. The number of nitro benzene ring substituents is 1. The van der Waals surface area contributed by atoms with E-state index in [-0.39, 0.29) is 54.4 Å². The minimum Gasteiger partial charge on any atom is -0.466 e. The number of ether oxygens (including phenoxy) is 1. The molecule has 1 amide bonds. The number of carbonyl (C=O) groups excluding carboxylic acids is 2. The van der Waals surface area contributed by atoms with E-state index >= 15 is 0 Å². The highest BCUT2D eigenvalue weighted by Crippen LogP contribution is 2.25. The fourth-order valence-electron chi connectivity index (χ4n) is 4.02. The van der Waals surface area contributed by atoms with Gasteiger partial charge in [0.2, 0.25) is 0 Å². The van der Waals surface area contributed by atoms with Crippen LogP contribution in [0, 0.1) is 10.1 Å². The van der Waals surface area contributed by atoms with Crippen molar-refractivity contribution in [3.8, 4) is 5.69 Å². The second-order valence-electron chi connectivity index (χ2n) is 7.53. The topological polar surface area (TPSA) is 124 Å². The molecule has 1 aliphatic rings. The van der Waals surface area contributed by atoms with E-state index in [0.29, 0.717) is 6.54 Å². The van der Waals surface area contributed by atoms with Gasteiger partial charge in [0.1, 0.15) is 18.3 Å². The van der Waals surface area contributed by atoms with Crippen LogP contribution in [-0.4, -0.2) is 80.2 Å². The zero-order chi connectivity index (χ0) is 23.1. The van der Waals surface area contributed by atoms with E-state index in [1.807, 2.05) is 0 Å². The molecular weight excluding hydrogens is 416 g/mol. The maximum Gasteiger partial charge on any atom is 0.307 e. The monoisotopic (exact) mass is 444 g/mol. The predicted molar refractivity (Wildman–Crippen MR) is 115 cm³/mol. The molecule has 1 fully saturated rings. The van der Waals surface area contributed by atoms with Crippen molar-refractivity contribution in [1.29, 1.82) is 0 Å². The molecule has 1 unspecified atom stereocenters. The van der Waals surface area contributed by atoms with E-state index in [1.165, 1.54) is 35.5 Å². The van der Waals surface area contributed by atoms with Crippen LogP contribution in [0.3, 0.4) is 0 Å². The molecule has 0 bridgehead atoms. The molecule has 172 valence electrons. The Bertz CT molecular complexity index is 948. The lowest BCUT2D eigenvalue weighted by Gasteiger charge is -2.30. The first-order valence-corrected chi connectivity index (χ1v) is 10.8. The summed E-state index contributed by atoms with van der Waals surface area (Å²) in [5.41, 5.74) is 0.156. The average Bonchev–Trinajstić information content (AvgIpc) is 3.47. The van der Waals surface area contributed by atoms with Gasteiger partial charge in [-0.3, -0.25) is 24.6 Å². The van der Waals surface area contributed by atoms with Crippen LogP contribution in [-0.2, 0) is 9.53 Å². The molecule has 11 heteroatoms. The molecule has 1 aromatic carbocycles. The largest absolute Gasteiger partial charge is 0.466 e. The Hall–Kier alpha value is -3.34. The van der Waals surface area contributed by atoms with Crippen molar-refractivity contribution in [2.45, 2.75) is 39.2 Å². The number of esters is 1. The lowest BCUT2D eigenvalue weighted by Crippen LogP contribution is -2.44. The van der Waals surface area contributed by atoms with Crippen LogP contribution >= 0.6 is 0 Å². The number of hydrogen-bond acceptors (Lipinski definition) is 8. The lowest BCUT2D eigenvalue weighted by molar-refractivity contribution is -0.384. The summed E-state index contributed by atoms with van der Waals surface area (Å²) in [4.78, 5) is 44.1. The van der Waals surface area contributed by atoms with E-state index < -0.39 is 4.92 Å². The van der Waals surface area contributed by atoms with Gasteiger partial charge >= 0.3 is 5.97 Å². The van der Waals surface area contributed by atoms with Gasteiger partial charge in [0, 0.05) is 30.8 Å². The van der Waals surface area contributed by atoms with Crippen molar-refractivity contribution < 1.29 is 19.2 Å². The van der Waals surface area contributed by atoms with Crippen LogP contribution in [0.2, 0.25) is 0 Å². The Labute approximate surface area is 186 Å². The number of rotatable bonds is 10. The van der Waals surface area contributed by atoms with Gasteiger partial charge in [-0.1, -0.05) is 6.92 Å². The number of likely N-dealkylation sites (tertiary alicyclic amines) is 1. The molecule has 1 atom stereocenters. The predicted octanol–water partition coefficient (Wildman–Crippen LogP) is 2.06. The SMILES string of the molecule is CCOC(=O)CCN(CC1CCCN1CC)C(=O)c1ccc(-n2cncn2)c([N+](=O)[O-])c1. The van der Waals surface area contributed by atoms with Crippen molar-refractivity contribution in [2.24, 2.45) is 0 Å². The molecule has 1 aliphatic heterocycles. The van der Waals surface area contributed by atoms with Crippen molar-refractivity contribution >= 4 is 17.6 Å². The number of carbonyl (C=O) groups is 2. The normalized spacial score (nSPS) is 16.1. The zero-order valence-corrected chi connectivity index (χ0v) is 18.3. The number of likely N-dealkylation sites (N-methyl/N-ethyl adjacent to an activating group) is 1. The molecule has 3 rings (SSSR count). The first kappa shape index (κ1) is 23.3. The summed E-state index contributed by atoms with van der Waals surface area (Å²) in [5.74, 6) is -0.734. The van der Waals surface area contributed by atoms with Crippen LogP contribution in [0.5, 0.6) is 0 Å². The van der Waals surface area contributed by atoms with Crippen molar-refractivity contribution in [1.82, 2.24) is 24.6 Å². The summed E-state index contributed by atoms with van der Waals surface area (Å²) in [6.07, 6.45) is 4.71. The average molecular weight is 444 g/mol. The van der Waals surface area contributed by atoms with Gasteiger partial charge in [-0.05, 0) is 45.0 Å². The minimum atomic E-state index is -0.549. The highest BCUT2D eigenvalue weighted by Gasteiger charge is 2.29. The number of nitrogens with zero attached hydrogens (tertiary/aromatic N) is 6. The smallest absolute Gasteiger partial charge is 0.307 e. The van der Waals surface area contributed by atoms with Gasteiger partial charge in [-0.15, -0.1) is 0 Å². The van der Waals surface area contributed by atoms with Crippen molar-refractivity contribution in [3.63, 3.8) is 0 Å². The summed E-state index contributed by atoms with van der Waals surface area (Å²) in [6, 6.07) is 4.46. The van der Waals surface area contributed by atoms with Crippen molar-refractivity contribution in [3.05, 3.63) is 46.5 Å². The highest BCUT2D eigenvalue weighted by molar-refractivity contribution is 5.95. The Kier molecular flexibility index (Phi) is 7.87. The third-order valence-corrected chi connectivity index (χ3v) is 5.60. The zero-order valence-electron chi connectivity index (χ0n) is 18.3. The summed E-state index contributed by atoms with van der Waals surface area (Å²) >= 11 is 0. The Morgan fingerprint density at radius 1 is 1.34 bits per heavy atom. The van der Waals surface area contributed by atoms with Gasteiger partial charge < -0.3 is 9.64 Å². The van der Waals surface area contributed by atoms with Crippen LogP contribution in [0.4, 0.5) is 5.69 Å². The van der Waals surface area contributed by atoms with Crippen molar-refractivity contribution in [2.75, 3.05) is 32.8 Å². The first-order chi connectivity index (χ1) is 15.4. The third-order valence-electron chi connectivity index (χ3n) is 5.60. The summed E-state index contributed by atoms with van der Waals surface area (Å²) in [7, 11) is 0. The van der Waals surface area contributed by atoms with E-state index in [0.717, 1.165) is 25.9 Å². The van der Waals surface area contributed by atoms with Gasteiger partial charge in [0.25, 0.3) is 11.6 Å². The first-order valence-electron chi connectivity index (χ1n) is 10.8. The number of nitro groups is 1. The minimum absolute atomic E-state index is 0.0670. The van der Waals surface area contributed by atoms with Gasteiger partial charge in [0.15, 0.2) is 0 Å². The van der Waals surface area contributed by atoms with E-state index in [4.69, 9.17) is 4.74 Å². The summed E-state index contributed by atoms with van der Waals surface area (Å²) < 4.78 is 6.29. The van der Waals surface area contributed by atoms with Crippen LogP contribution < -0.4 is 0 Å². The van der Waals surface area contributed by atoms with E-state index in [9.17, 15) is 19.7 Å². The maximum absolute atomic E-state index is 13.4. The fraction of sp³-hybridized carbons (Fsp3) is 0.524. The highest BCUT2D eigenvalue weighted by atomic mass is 16.6. The molecular formula is C21H28N6O5. The number of amides is 1. The second kappa shape index (κ2) is 10.8. The number of benzene rings is 1. The van der Waals surface area contributed by atoms with Crippen LogP contribution in [0.1, 0.15) is 43.5 Å². The molecule has 1 aromatic heterocycles. The van der Waals surface area contributed by atoms with Gasteiger partial charge in [-0.25, -0.2) is 9.67 Å². The van der Waals surface area contributed by atoms with Gasteiger partial charge in [-0.2, -0.15) is 5.10 Å². The standard InChI is InChI=1S/C21H28N6O5/c1-3-24-10-5-6-17(24)13-25(11-9-20(28)32-4-2)21(29)16-7-8-18(19(12-16)27(30)31)26-15-22-14-23-26/h7-8,12,14-15,17H,3-6,9-11,13H2,1-2H3.